The summed E-state index contributed by atoms with van der Waals surface area (Å²) in [5, 5.41) is 6.61. The number of benzene rings is 1. The van der Waals surface area contributed by atoms with Crippen LogP contribution in [0.1, 0.15) is 45.0 Å². The van der Waals surface area contributed by atoms with Gasteiger partial charge in [-0.25, -0.2) is 4.98 Å². The van der Waals surface area contributed by atoms with Gasteiger partial charge in [-0.3, -0.25) is 4.79 Å². The summed E-state index contributed by atoms with van der Waals surface area (Å²) in [5.41, 5.74) is 2.41. The zero-order valence-corrected chi connectivity index (χ0v) is 17.0. The molecule has 2 heterocycles. The lowest BCUT2D eigenvalue weighted by molar-refractivity contribution is -0.124. The molecule has 7 heteroatoms. The summed E-state index contributed by atoms with van der Waals surface area (Å²) in [6.07, 6.45) is 3.32. The zero-order valence-electron chi connectivity index (χ0n) is 15.3. The standard InChI is InChI=1S/C19H26N4O.2ClH/c1-3-23-16-7-5-4-6-15(16)22-17(23)13(2)21-18(24)14-12-19(14)8-10-20-11-9-19;;/h4-7,13-14,20H,3,8-12H2,1-2H3,(H,21,24);2*1H. The van der Waals surface area contributed by atoms with Gasteiger partial charge in [0.25, 0.3) is 0 Å². The van der Waals surface area contributed by atoms with Gasteiger partial charge in [-0.15, -0.1) is 24.8 Å². The number of aromatic nitrogens is 2. The number of para-hydroxylation sites is 2. The summed E-state index contributed by atoms with van der Waals surface area (Å²) >= 11 is 0. The Kier molecular flexibility index (Phi) is 6.59. The fourth-order valence-electron chi connectivity index (χ4n) is 4.33. The first-order chi connectivity index (χ1) is 11.6. The minimum Gasteiger partial charge on any atom is -0.346 e. The first-order valence-corrected chi connectivity index (χ1v) is 9.11. The maximum atomic E-state index is 12.7. The van der Waals surface area contributed by atoms with Gasteiger partial charge < -0.3 is 15.2 Å². The Balaban J connectivity index is 0.00000121. The van der Waals surface area contributed by atoms with Crippen molar-refractivity contribution in [3.8, 4) is 0 Å². The molecule has 2 atom stereocenters. The number of imidazole rings is 1. The van der Waals surface area contributed by atoms with E-state index in [1.165, 1.54) is 0 Å². The van der Waals surface area contributed by atoms with Crippen molar-refractivity contribution in [2.45, 2.75) is 45.7 Å². The van der Waals surface area contributed by atoms with Gasteiger partial charge in [-0.1, -0.05) is 12.1 Å². The summed E-state index contributed by atoms with van der Waals surface area (Å²) in [6, 6.07) is 8.10. The van der Waals surface area contributed by atoms with Crippen LogP contribution < -0.4 is 10.6 Å². The maximum Gasteiger partial charge on any atom is 0.224 e. The van der Waals surface area contributed by atoms with Crippen LogP contribution in [0.5, 0.6) is 0 Å². The van der Waals surface area contributed by atoms with Gasteiger partial charge in [-0.2, -0.15) is 0 Å². The second-order valence-corrected chi connectivity index (χ2v) is 7.30. The zero-order chi connectivity index (χ0) is 16.7. The van der Waals surface area contributed by atoms with Crippen molar-refractivity contribution in [3.63, 3.8) is 0 Å². The van der Waals surface area contributed by atoms with E-state index in [2.05, 4.69) is 28.2 Å². The highest BCUT2D eigenvalue weighted by molar-refractivity contribution is 5.85. The number of piperidine rings is 1. The molecule has 1 saturated heterocycles. The Hall–Kier alpha value is -1.30. The molecule has 1 aliphatic carbocycles. The van der Waals surface area contributed by atoms with Crippen LogP contribution in [0.3, 0.4) is 0 Å². The van der Waals surface area contributed by atoms with Crippen molar-refractivity contribution in [2.75, 3.05) is 13.1 Å². The van der Waals surface area contributed by atoms with Crippen LogP contribution in [0.25, 0.3) is 11.0 Å². The molecule has 26 heavy (non-hydrogen) atoms. The van der Waals surface area contributed by atoms with Gasteiger partial charge in [0, 0.05) is 12.5 Å². The van der Waals surface area contributed by atoms with Gasteiger partial charge in [0.2, 0.25) is 5.91 Å². The van der Waals surface area contributed by atoms with Crippen LogP contribution in [0.15, 0.2) is 24.3 Å². The van der Waals surface area contributed by atoms with E-state index in [0.29, 0.717) is 0 Å². The molecule has 1 spiro atoms. The van der Waals surface area contributed by atoms with Gasteiger partial charge in [0.15, 0.2) is 0 Å². The van der Waals surface area contributed by atoms with E-state index in [1.54, 1.807) is 0 Å². The molecule has 1 aliphatic heterocycles. The van der Waals surface area contributed by atoms with Gasteiger partial charge in [0.1, 0.15) is 5.82 Å². The SMILES string of the molecule is CCn1c(C(C)NC(=O)C2CC23CCNCC3)nc2ccccc21.Cl.Cl. The molecule has 2 N–H and O–H groups in total. The second-order valence-electron chi connectivity index (χ2n) is 7.30. The number of hydrogen-bond donors (Lipinski definition) is 2. The lowest BCUT2D eigenvalue weighted by Gasteiger charge is -2.23. The summed E-state index contributed by atoms with van der Waals surface area (Å²) in [6.45, 7) is 7.12. The largest absolute Gasteiger partial charge is 0.346 e. The summed E-state index contributed by atoms with van der Waals surface area (Å²) in [4.78, 5) is 17.5. The van der Waals surface area contributed by atoms with Crippen LogP contribution in [0, 0.1) is 11.3 Å². The third-order valence-electron chi connectivity index (χ3n) is 5.85. The van der Waals surface area contributed by atoms with E-state index < -0.39 is 0 Å². The average Bonchev–Trinajstić information content (AvgIpc) is 3.15. The molecular formula is C19H28Cl2N4O. The lowest BCUT2D eigenvalue weighted by Crippen LogP contribution is -2.35. The Morgan fingerprint density at radius 2 is 2.04 bits per heavy atom. The van der Waals surface area contributed by atoms with Crippen molar-refractivity contribution in [3.05, 3.63) is 30.1 Å². The minimum absolute atomic E-state index is 0. The number of hydrogen-bond acceptors (Lipinski definition) is 3. The van der Waals surface area contributed by atoms with Crippen LogP contribution in [0.4, 0.5) is 0 Å². The molecule has 1 saturated carbocycles. The summed E-state index contributed by atoms with van der Waals surface area (Å²) in [5.74, 6) is 1.35. The molecule has 1 aromatic carbocycles. The third-order valence-corrected chi connectivity index (χ3v) is 5.85. The maximum absolute atomic E-state index is 12.7. The fourth-order valence-corrected chi connectivity index (χ4v) is 4.33. The summed E-state index contributed by atoms with van der Waals surface area (Å²) < 4.78 is 2.20. The first-order valence-electron chi connectivity index (χ1n) is 9.11. The van der Waals surface area contributed by atoms with E-state index >= 15 is 0 Å². The van der Waals surface area contributed by atoms with Crippen LogP contribution in [-0.2, 0) is 11.3 Å². The van der Waals surface area contributed by atoms with Crippen molar-refractivity contribution in [2.24, 2.45) is 11.3 Å². The molecule has 0 bridgehead atoms. The van der Waals surface area contributed by atoms with Gasteiger partial charge >= 0.3 is 0 Å². The normalized spacial score (nSPS) is 21.5. The van der Waals surface area contributed by atoms with Crippen LogP contribution in [0.2, 0.25) is 0 Å². The monoisotopic (exact) mass is 398 g/mol. The highest BCUT2D eigenvalue weighted by atomic mass is 35.5. The number of rotatable bonds is 4. The Morgan fingerprint density at radius 3 is 2.73 bits per heavy atom. The smallest absolute Gasteiger partial charge is 0.224 e. The molecule has 2 aliphatic rings. The Bertz CT molecular complexity index is 770. The molecular weight excluding hydrogens is 371 g/mol. The number of nitrogens with zero attached hydrogens (tertiary/aromatic N) is 2. The van der Waals surface area contributed by atoms with Crippen LogP contribution in [-0.4, -0.2) is 28.5 Å². The number of carbonyl (C=O) groups excluding carboxylic acids is 1. The highest BCUT2D eigenvalue weighted by Crippen LogP contribution is 2.58. The Morgan fingerprint density at radius 1 is 1.35 bits per heavy atom. The lowest BCUT2D eigenvalue weighted by atomic mass is 9.91. The molecule has 4 rings (SSSR count). The van der Waals surface area contributed by atoms with Crippen LogP contribution >= 0.6 is 24.8 Å². The van der Waals surface area contributed by atoms with Crippen molar-refractivity contribution >= 4 is 41.8 Å². The fraction of sp³-hybridized carbons (Fsp3) is 0.579. The summed E-state index contributed by atoms with van der Waals surface area (Å²) in [7, 11) is 0. The number of amides is 1. The predicted octanol–water partition coefficient (Wildman–Crippen LogP) is 3.47. The van der Waals surface area contributed by atoms with Crippen molar-refractivity contribution in [1.29, 1.82) is 0 Å². The number of carbonyl (C=O) groups is 1. The molecule has 0 radical (unpaired) electrons. The number of fused-ring (bicyclic) bond motifs is 1. The van der Waals surface area contributed by atoms with Gasteiger partial charge in [0.05, 0.1) is 17.1 Å². The van der Waals surface area contributed by atoms with E-state index in [4.69, 9.17) is 4.98 Å². The average molecular weight is 399 g/mol. The van der Waals surface area contributed by atoms with Gasteiger partial charge in [-0.05, 0) is 63.7 Å². The second kappa shape index (κ2) is 8.15. The van der Waals surface area contributed by atoms with E-state index in [0.717, 1.165) is 55.8 Å². The molecule has 1 amide bonds. The van der Waals surface area contributed by atoms with E-state index in [9.17, 15) is 4.79 Å². The van der Waals surface area contributed by atoms with Crippen molar-refractivity contribution < 1.29 is 4.79 Å². The molecule has 144 valence electrons. The number of halogens is 2. The quantitative estimate of drug-likeness (QED) is 0.828. The molecule has 2 unspecified atom stereocenters. The van der Waals surface area contributed by atoms with E-state index in [1.807, 2.05) is 25.1 Å². The highest BCUT2D eigenvalue weighted by Gasteiger charge is 2.57. The third kappa shape index (κ3) is 3.57. The molecule has 5 nitrogen and oxygen atoms in total. The minimum atomic E-state index is -0.0655. The number of aryl methyl sites for hydroxylation is 1. The van der Waals surface area contributed by atoms with Crippen molar-refractivity contribution in [1.82, 2.24) is 20.2 Å². The number of nitrogens with one attached hydrogen (secondary N) is 2. The van der Waals surface area contributed by atoms with E-state index in [-0.39, 0.29) is 48.1 Å². The Labute approximate surface area is 167 Å². The first kappa shape index (κ1) is 21.0. The molecule has 2 fully saturated rings. The predicted molar refractivity (Wildman–Crippen MR) is 109 cm³/mol. The molecule has 2 aromatic rings. The topological polar surface area (TPSA) is 59.0 Å². The molecule has 1 aromatic heterocycles.